The molecule has 7 heteroatoms. The number of hydrogen-bond donors (Lipinski definition) is 0. The number of aromatic nitrogens is 2. The third-order valence-electron chi connectivity index (χ3n) is 2.33. The van der Waals surface area contributed by atoms with E-state index in [-0.39, 0.29) is 16.4 Å². The van der Waals surface area contributed by atoms with Gasteiger partial charge in [0.05, 0.1) is 11.1 Å². The van der Waals surface area contributed by atoms with Crippen LogP contribution in [0.5, 0.6) is 0 Å². The zero-order chi connectivity index (χ0) is 14.0. The number of halogens is 4. The van der Waals surface area contributed by atoms with E-state index in [1.165, 1.54) is 12.1 Å². The van der Waals surface area contributed by atoms with Gasteiger partial charge in [-0.05, 0) is 23.7 Å². The predicted molar refractivity (Wildman–Crippen MR) is 61.9 cm³/mol. The number of ketones is 1. The Bertz CT molecular complexity index is 611. The zero-order valence-electron chi connectivity index (χ0n) is 9.28. The minimum Gasteiger partial charge on any atom is -0.288 e. The molecular formula is C12H6ClF3N2O. The lowest BCUT2D eigenvalue weighted by Gasteiger charge is -2.08. The lowest BCUT2D eigenvalue weighted by Crippen LogP contribution is -2.08. The largest absolute Gasteiger partial charge is 0.416 e. The Labute approximate surface area is 111 Å². The van der Waals surface area contributed by atoms with Crippen LogP contribution < -0.4 is 0 Å². The molecule has 0 bridgehead atoms. The first kappa shape index (κ1) is 13.5. The second kappa shape index (κ2) is 4.97. The maximum atomic E-state index is 12.5. The van der Waals surface area contributed by atoms with Gasteiger partial charge in [0.2, 0.25) is 5.28 Å². The van der Waals surface area contributed by atoms with Crippen molar-refractivity contribution in [2.45, 2.75) is 6.18 Å². The van der Waals surface area contributed by atoms with Crippen LogP contribution >= 0.6 is 11.6 Å². The maximum Gasteiger partial charge on any atom is 0.416 e. The molecule has 0 amide bonds. The molecule has 3 nitrogen and oxygen atoms in total. The number of alkyl halides is 3. The van der Waals surface area contributed by atoms with Crippen molar-refractivity contribution in [2.75, 3.05) is 0 Å². The lowest BCUT2D eigenvalue weighted by molar-refractivity contribution is -0.137. The van der Waals surface area contributed by atoms with Gasteiger partial charge in [0.1, 0.15) is 0 Å². The van der Waals surface area contributed by atoms with Crippen LogP contribution in [0.4, 0.5) is 13.2 Å². The molecule has 1 heterocycles. The summed E-state index contributed by atoms with van der Waals surface area (Å²) in [7, 11) is 0. The van der Waals surface area contributed by atoms with E-state index >= 15 is 0 Å². The SMILES string of the molecule is O=C(c1cnc(Cl)nc1)c1cccc(C(F)(F)F)c1. The molecule has 0 saturated carbocycles. The Kier molecular flexibility index (Phi) is 3.53. The monoisotopic (exact) mass is 286 g/mol. The van der Waals surface area contributed by atoms with E-state index in [1.807, 2.05) is 0 Å². The molecule has 0 N–H and O–H groups in total. The number of nitrogens with zero attached hydrogens (tertiary/aromatic N) is 2. The van der Waals surface area contributed by atoms with Gasteiger partial charge >= 0.3 is 6.18 Å². The van der Waals surface area contributed by atoms with Crippen molar-refractivity contribution >= 4 is 17.4 Å². The molecule has 0 aliphatic rings. The van der Waals surface area contributed by atoms with E-state index in [0.717, 1.165) is 24.5 Å². The predicted octanol–water partition coefficient (Wildman–Crippen LogP) is 3.38. The number of rotatable bonds is 2. The average Bonchev–Trinajstić information content (AvgIpc) is 2.38. The standard InChI is InChI=1S/C12H6ClF3N2O/c13-11-17-5-8(6-18-11)10(19)7-2-1-3-9(4-7)12(14,15)16/h1-6H. The lowest BCUT2D eigenvalue weighted by atomic mass is 10.0. The maximum absolute atomic E-state index is 12.5. The fraction of sp³-hybridized carbons (Fsp3) is 0.0833. The van der Waals surface area contributed by atoms with Crippen LogP contribution in [0.25, 0.3) is 0 Å². The first-order valence-corrected chi connectivity index (χ1v) is 5.45. The fourth-order valence-corrected chi connectivity index (χ4v) is 1.53. The Hall–Kier alpha value is -1.95. The first-order chi connectivity index (χ1) is 8.88. The van der Waals surface area contributed by atoms with Gasteiger partial charge in [0.25, 0.3) is 0 Å². The smallest absolute Gasteiger partial charge is 0.288 e. The van der Waals surface area contributed by atoms with Crippen LogP contribution in [0.1, 0.15) is 21.5 Å². The van der Waals surface area contributed by atoms with Gasteiger partial charge in [0, 0.05) is 18.0 Å². The van der Waals surface area contributed by atoms with Crippen molar-refractivity contribution in [2.24, 2.45) is 0 Å². The highest BCUT2D eigenvalue weighted by molar-refractivity contribution is 6.28. The number of hydrogen-bond acceptors (Lipinski definition) is 3. The van der Waals surface area contributed by atoms with Crippen molar-refractivity contribution in [1.29, 1.82) is 0 Å². The summed E-state index contributed by atoms with van der Waals surface area (Å²) >= 11 is 5.47. The molecule has 0 atom stereocenters. The quantitative estimate of drug-likeness (QED) is 0.628. The molecule has 0 aliphatic carbocycles. The minimum atomic E-state index is -4.49. The Morgan fingerprint density at radius 2 is 1.74 bits per heavy atom. The van der Waals surface area contributed by atoms with Gasteiger partial charge in [-0.15, -0.1) is 0 Å². The Balaban J connectivity index is 2.37. The van der Waals surface area contributed by atoms with E-state index in [0.29, 0.717) is 0 Å². The zero-order valence-corrected chi connectivity index (χ0v) is 10.0. The summed E-state index contributed by atoms with van der Waals surface area (Å²) < 4.78 is 37.6. The van der Waals surface area contributed by atoms with Crippen LogP contribution in [0, 0.1) is 0 Å². The van der Waals surface area contributed by atoms with Crippen LogP contribution in [0.3, 0.4) is 0 Å². The van der Waals surface area contributed by atoms with Crippen molar-refractivity contribution in [1.82, 2.24) is 9.97 Å². The van der Waals surface area contributed by atoms with Gasteiger partial charge in [-0.1, -0.05) is 12.1 Å². The molecule has 0 saturated heterocycles. The summed E-state index contributed by atoms with van der Waals surface area (Å²) in [5.41, 5.74) is -0.891. The molecule has 0 unspecified atom stereocenters. The molecule has 2 aromatic rings. The average molecular weight is 287 g/mol. The third-order valence-corrected chi connectivity index (χ3v) is 2.53. The van der Waals surface area contributed by atoms with Gasteiger partial charge in [0.15, 0.2) is 5.78 Å². The van der Waals surface area contributed by atoms with Crippen molar-refractivity contribution < 1.29 is 18.0 Å². The summed E-state index contributed by atoms with van der Waals surface area (Å²) in [6, 6.07) is 4.16. The van der Waals surface area contributed by atoms with E-state index in [1.54, 1.807) is 0 Å². The van der Waals surface area contributed by atoms with E-state index in [2.05, 4.69) is 9.97 Å². The fourth-order valence-electron chi connectivity index (χ4n) is 1.43. The molecule has 1 aromatic carbocycles. The molecular weight excluding hydrogens is 281 g/mol. The van der Waals surface area contributed by atoms with Crippen molar-refractivity contribution in [3.05, 3.63) is 58.6 Å². The van der Waals surface area contributed by atoms with Crippen molar-refractivity contribution in [3.63, 3.8) is 0 Å². The molecule has 19 heavy (non-hydrogen) atoms. The van der Waals surface area contributed by atoms with Crippen LogP contribution in [0.2, 0.25) is 5.28 Å². The normalized spacial score (nSPS) is 11.4. The molecule has 0 radical (unpaired) electrons. The number of benzene rings is 1. The Morgan fingerprint density at radius 1 is 1.11 bits per heavy atom. The number of carbonyl (C=O) groups excluding carboxylic acids is 1. The van der Waals surface area contributed by atoms with Crippen LogP contribution in [-0.4, -0.2) is 15.8 Å². The first-order valence-electron chi connectivity index (χ1n) is 5.07. The summed E-state index contributed by atoms with van der Waals surface area (Å²) in [4.78, 5) is 19.2. The molecule has 0 aliphatic heterocycles. The summed E-state index contributed by atoms with van der Waals surface area (Å²) in [6.07, 6.45) is -2.16. The Morgan fingerprint density at radius 3 is 2.32 bits per heavy atom. The van der Waals surface area contributed by atoms with Crippen molar-refractivity contribution in [3.8, 4) is 0 Å². The summed E-state index contributed by atoms with van der Waals surface area (Å²) in [5, 5.41) is -0.0411. The summed E-state index contributed by atoms with van der Waals surface area (Å²) in [5.74, 6) is -0.595. The van der Waals surface area contributed by atoms with Gasteiger partial charge in [-0.3, -0.25) is 4.79 Å². The molecule has 0 spiro atoms. The molecule has 2 rings (SSSR count). The van der Waals surface area contributed by atoms with E-state index < -0.39 is 17.5 Å². The van der Waals surface area contributed by atoms with Crippen LogP contribution in [0.15, 0.2) is 36.7 Å². The molecule has 0 fully saturated rings. The molecule has 98 valence electrons. The van der Waals surface area contributed by atoms with Gasteiger partial charge in [-0.25, -0.2) is 9.97 Å². The highest BCUT2D eigenvalue weighted by Crippen LogP contribution is 2.29. The molecule has 1 aromatic heterocycles. The number of carbonyl (C=O) groups is 1. The highest BCUT2D eigenvalue weighted by atomic mass is 35.5. The second-order valence-corrected chi connectivity index (χ2v) is 3.99. The highest BCUT2D eigenvalue weighted by Gasteiger charge is 2.31. The van der Waals surface area contributed by atoms with Gasteiger partial charge in [-0.2, -0.15) is 13.2 Å². The second-order valence-electron chi connectivity index (χ2n) is 3.65. The van der Waals surface area contributed by atoms with Crippen LogP contribution in [-0.2, 0) is 6.18 Å². The third kappa shape index (κ3) is 3.08. The van der Waals surface area contributed by atoms with E-state index in [4.69, 9.17) is 11.6 Å². The minimum absolute atomic E-state index is 0.0411. The summed E-state index contributed by atoms with van der Waals surface area (Å²) in [6.45, 7) is 0. The topological polar surface area (TPSA) is 42.9 Å². The van der Waals surface area contributed by atoms with Gasteiger partial charge < -0.3 is 0 Å². The van der Waals surface area contributed by atoms with E-state index in [9.17, 15) is 18.0 Å².